The van der Waals surface area contributed by atoms with Crippen LogP contribution in [0.4, 0.5) is 0 Å². The van der Waals surface area contributed by atoms with Gasteiger partial charge in [0, 0.05) is 0 Å². The van der Waals surface area contributed by atoms with Crippen molar-refractivity contribution >= 4 is 23.1 Å². The van der Waals surface area contributed by atoms with Gasteiger partial charge in [-0.25, -0.2) is 0 Å². The van der Waals surface area contributed by atoms with Gasteiger partial charge in [0.05, 0.1) is 0 Å². The molecule has 1 unspecified atom stereocenters. The summed E-state index contributed by atoms with van der Waals surface area (Å²) in [5, 5.41) is 0. The van der Waals surface area contributed by atoms with Gasteiger partial charge >= 0.3 is 174 Å². The van der Waals surface area contributed by atoms with E-state index in [0.717, 1.165) is 0 Å². The van der Waals surface area contributed by atoms with E-state index in [1.54, 1.807) is 0 Å². The van der Waals surface area contributed by atoms with Gasteiger partial charge in [0.25, 0.3) is 0 Å². The van der Waals surface area contributed by atoms with Gasteiger partial charge in [0.2, 0.25) is 0 Å². The van der Waals surface area contributed by atoms with Crippen LogP contribution in [-0.2, 0) is 19.4 Å². The van der Waals surface area contributed by atoms with Crippen molar-refractivity contribution in [3.05, 3.63) is 63.7 Å². The Labute approximate surface area is 173 Å². The number of halogens is 2. The third-order valence-corrected chi connectivity index (χ3v) is 10.5. The maximum absolute atomic E-state index is 6.62. The molecule has 137 valence electrons. The van der Waals surface area contributed by atoms with Gasteiger partial charge in [0.1, 0.15) is 0 Å². The first-order valence-electron chi connectivity index (χ1n) is 9.35. The number of benzene rings is 2. The molecular weight excluding hydrogens is 438 g/mol. The molecule has 0 saturated carbocycles. The summed E-state index contributed by atoms with van der Waals surface area (Å²) in [7, 11) is 13.2. The predicted octanol–water partition coefficient (Wildman–Crippen LogP) is 8.11. The molecule has 3 rings (SSSR count). The van der Waals surface area contributed by atoms with Gasteiger partial charge in [-0.3, -0.25) is 0 Å². The SMILES string of the molecule is Cc1cc(C)cc(-c2c(C(C)C)ccc3c2C=C(C(C)C)[CH]3[Zr]([Cl])[Cl])c1. The zero-order chi connectivity index (χ0) is 19.2. The average molecular weight is 466 g/mol. The van der Waals surface area contributed by atoms with Gasteiger partial charge < -0.3 is 0 Å². The van der Waals surface area contributed by atoms with E-state index in [4.69, 9.17) is 17.0 Å². The summed E-state index contributed by atoms with van der Waals surface area (Å²) in [6.45, 7) is 13.4. The van der Waals surface area contributed by atoms with Crippen molar-refractivity contribution in [2.75, 3.05) is 0 Å². The number of fused-ring (bicyclic) bond motifs is 1. The number of hydrogen-bond acceptors (Lipinski definition) is 0. The van der Waals surface area contributed by atoms with Crippen LogP contribution in [-0.4, -0.2) is 0 Å². The fourth-order valence-corrected chi connectivity index (χ4v) is 9.88. The van der Waals surface area contributed by atoms with E-state index >= 15 is 0 Å². The molecule has 1 aliphatic rings. The average Bonchev–Trinajstić information content (AvgIpc) is 2.92. The molecule has 0 saturated heterocycles. The van der Waals surface area contributed by atoms with Crippen molar-refractivity contribution in [2.45, 2.75) is 51.1 Å². The van der Waals surface area contributed by atoms with E-state index in [1.165, 1.54) is 44.5 Å². The van der Waals surface area contributed by atoms with Gasteiger partial charge in [-0.15, -0.1) is 0 Å². The Morgan fingerprint density at radius 2 is 1.50 bits per heavy atom. The molecule has 0 nitrogen and oxygen atoms in total. The molecule has 0 bridgehead atoms. The van der Waals surface area contributed by atoms with Crippen LogP contribution in [0.2, 0.25) is 0 Å². The van der Waals surface area contributed by atoms with Crippen LogP contribution in [0.15, 0.2) is 35.9 Å². The minimum absolute atomic E-state index is 0.279. The molecule has 0 spiro atoms. The molecule has 2 aromatic rings. The molecule has 0 N–H and O–H groups in total. The molecule has 26 heavy (non-hydrogen) atoms. The van der Waals surface area contributed by atoms with Crippen molar-refractivity contribution in [1.82, 2.24) is 0 Å². The van der Waals surface area contributed by atoms with E-state index in [1.807, 2.05) is 0 Å². The van der Waals surface area contributed by atoms with Crippen molar-refractivity contribution in [3.63, 3.8) is 0 Å². The van der Waals surface area contributed by atoms with Gasteiger partial charge in [0.15, 0.2) is 0 Å². The standard InChI is InChI=1S/C23H27.2ClH.Zr/c1-14(2)19-12-18-7-8-21(15(3)4)23(22(18)13-19)20-10-16(5)9-17(6)11-20;;;/h7-15H,1-6H3;2*1H;/q;;;+2/p-2. The fraction of sp³-hybridized carbons (Fsp3) is 0.391. The summed E-state index contributed by atoms with van der Waals surface area (Å²) in [6.07, 6.45) is 2.40. The first kappa shape index (κ1) is 20.4. The van der Waals surface area contributed by atoms with E-state index in [-0.39, 0.29) is 3.63 Å². The first-order valence-corrected chi connectivity index (χ1v) is 17.1. The summed E-state index contributed by atoms with van der Waals surface area (Å²) in [6, 6.07) is 11.5. The Hall–Kier alpha value is -0.357. The Morgan fingerprint density at radius 3 is 2.00 bits per heavy atom. The normalized spacial score (nSPS) is 16.2. The van der Waals surface area contributed by atoms with Crippen molar-refractivity contribution in [1.29, 1.82) is 0 Å². The molecule has 0 fully saturated rings. The summed E-state index contributed by atoms with van der Waals surface area (Å²) in [5.41, 5.74) is 10.8. The van der Waals surface area contributed by atoms with E-state index < -0.39 is 19.4 Å². The summed E-state index contributed by atoms with van der Waals surface area (Å²) in [5.74, 6) is 0.936. The third kappa shape index (κ3) is 3.78. The van der Waals surface area contributed by atoms with Gasteiger partial charge in [-0.1, -0.05) is 0 Å². The molecule has 1 aliphatic carbocycles. The van der Waals surface area contributed by atoms with Crippen LogP contribution in [0.3, 0.4) is 0 Å². The van der Waals surface area contributed by atoms with Crippen LogP contribution in [0, 0.1) is 19.8 Å². The number of hydrogen-bond donors (Lipinski definition) is 0. The second kappa shape index (κ2) is 7.94. The van der Waals surface area contributed by atoms with Gasteiger partial charge in [-0.05, 0) is 0 Å². The van der Waals surface area contributed by atoms with Crippen LogP contribution in [0.1, 0.15) is 65.1 Å². The monoisotopic (exact) mass is 463 g/mol. The summed E-state index contributed by atoms with van der Waals surface area (Å²) in [4.78, 5) is 0. The topological polar surface area (TPSA) is 0 Å². The molecule has 0 aromatic heterocycles. The number of rotatable bonds is 4. The second-order valence-electron chi connectivity index (χ2n) is 8.09. The molecule has 0 radical (unpaired) electrons. The maximum atomic E-state index is 6.62. The Bertz CT molecular complexity index is 843. The first-order chi connectivity index (χ1) is 12.2. The molecule has 1 atom stereocenters. The van der Waals surface area contributed by atoms with Crippen LogP contribution < -0.4 is 0 Å². The van der Waals surface area contributed by atoms with Crippen molar-refractivity contribution in [3.8, 4) is 11.1 Å². The Kier molecular flexibility index (Phi) is 6.23. The van der Waals surface area contributed by atoms with E-state index in [2.05, 4.69) is 78.0 Å². The summed E-state index contributed by atoms with van der Waals surface area (Å²) >= 11 is -2.47. The molecular formula is C23H27Cl2Zr. The molecule has 0 amide bonds. The van der Waals surface area contributed by atoms with Crippen molar-refractivity contribution in [2.24, 2.45) is 5.92 Å². The summed E-state index contributed by atoms with van der Waals surface area (Å²) < 4.78 is 0.279. The van der Waals surface area contributed by atoms with E-state index in [9.17, 15) is 0 Å². The molecule has 0 heterocycles. The second-order valence-corrected chi connectivity index (χ2v) is 16.9. The molecule has 2 aromatic carbocycles. The van der Waals surface area contributed by atoms with Crippen LogP contribution in [0.25, 0.3) is 17.2 Å². The minimum atomic E-state index is -2.47. The molecule has 0 aliphatic heterocycles. The Morgan fingerprint density at radius 1 is 0.885 bits per heavy atom. The van der Waals surface area contributed by atoms with Crippen LogP contribution >= 0.6 is 17.0 Å². The number of aryl methyl sites for hydroxylation is 2. The third-order valence-electron chi connectivity index (χ3n) is 5.28. The molecule has 3 heteroatoms. The van der Waals surface area contributed by atoms with Crippen molar-refractivity contribution < 1.29 is 19.4 Å². The fourth-order valence-electron chi connectivity index (χ4n) is 4.16. The zero-order valence-electron chi connectivity index (χ0n) is 16.5. The van der Waals surface area contributed by atoms with Crippen LogP contribution in [0.5, 0.6) is 0 Å². The zero-order valence-corrected chi connectivity index (χ0v) is 20.4. The Balaban J connectivity index is 2.34. The van der Waals surface area contributed by atoms with Gasteiger partial charge in [-0.2, -0.15) is 0 Å². The van der Waals surface area contributed by atoms with E-state index in [0.29, 0.717) is 11.8 Å². The number of allylic oxidation sites excluding steroid dienone is 1. The predicted molar refractivity (Wildman–Crippen MR) is 113 cm³/mol. The quantitative estimate of drug-likeness (QED) is 0.428.